The summed E-state index contributed by atoms with van der Waals surface area (Å²) in [5, 5.41) is 11.8. The van der Waals surface area contributed by atoms with Gasteiger partial charge in [0.05, 0.1) is 36.2 Å². The van der Waals surface area contributed by atoms with Crippen LogP contribution in [-0.4, -0.2) is 50.4 Å². The van der Waals surface area contributed by atoms with Crippen LogP contribution in [0.5, 0.6) is 5.75 Å². The molecule has 0 bridgehead atoms. The van der Waals surface area contributed by atoms with Gasteiger partial charge in [-0.05, 0) is 13.8 Å². The lowest BCUT2D eigenvalue weighted by Crippen LogP contribution is -2.54. The van der Waals surface area contributed by atoms with Crippen molar-refractivity contribution in [2.75, 3.05) is 11.4 Å². The molecule has 0 saturated heterocycles. The summed E-state index contributed by atoms with van der Waals surface area (Å²) in [6.07, 6.45) is 8.11. The molecule has 4 heterocycles. The van der Waals surface area contributed by atoms with E-state index in [-0.39, 0.29) is 12.1 Å². The van der Waals surface area contributed by atoms with Gasteiger partial charge in [-0.2, -0.15) is 10.2 Å². The van der Waals surface area contributed by atoms with Gasteiger partial charge in [0.15, 0.2) is 11.6 Å². The number of urea groups is 1. The van der Waals surface area contributed by atoms with E-state index in [0.717, 1.165) is 0 Å². The highest BCUT2D eigenvalue weighted by molar-refractivity contribution is 6.33. The predicted molar refractivity (Wildman–Crippen MR) is 106 cm³/mol. The van der Waals surface area contributed by atoms with Crippen LogP contribution in [0, 0.1) is 0 Å². The van der Waals surface area contributed by atoms with Crippen molar-refractivity contribution >= 4 is 47.0 Å². The molecule has 4 rings (SSSR count). The highest BCUT2D eigenvalue weighted by Gasteiger charge is 2.37. The van der Waals surface area contributed by atoms with Crippen molar-refractivity contribution in [2.45, 2.75) is 31.9 Å². The van der Waals surface area contributed by atoms with E-state index >= 15 is 0 Å². The van der Waals surface area contributed by atoms with Crippen LogP contribution in [0.2, 0.25) is 5.02 Å². The van der Waals surface area contributed by atoms with E-state index in [4.69, 9.17) is 27.9 Å². The number of fused-ring (bicyclic) bond motifs is 1. The molecule has 0 aromatic carbocycles. The Morgan fingerprint density at radius 2 is 2.04 bits per heavy atom. The van der Waals surface area contributed by atoms with Crippen LogP contribution in [-0.2, 0) is 0 Å². The maximum atomic E-state index is 13.0. The molecule has 1 unspecified atom stereocenters. The van der Waals surface area contributed by atoms with Gasteiger partial charge in [-0.15, -0.1) is 4.80 Å². The molecule has 11 heteroatoms. The number of aliphatic imine (C=N–C) groups is 1. The standard InChI is InChI=1S/C17H17Cl2N7O2/c1-17(2)9-25(13-8-20-7-12(19)14(13)28-17)16(27)24-10-5-11(18)15(21-6-10)26-22-3-4-23-26/h3-4,6-8,10H,5,9H2,1-2H3,(H,24,27). The average Bonchev–Trinajstić information content (AvgIpc) is 3.16. The minimum atomic E-state index is -0.605. The first-order valence-electron chi connectivity index (χ1n) is 8.54. The molecule has 0 radical (unpaired) electrons. The second kappa shape index (κ2) is 7.06. The number of amides is 2. The Bertz CT molecular complexity index is 972. The number of nitrogens with one attached hydrogen (secondary N) is 1. The monoisotopic (exact) mass is 421 g/mol. The normalized spacial score (nSPS) is 20.6. The fraction of sp³-hybridized carbons (Fsp3) is 0.353. The third-order valence-corrected chi connectivity index (χ3v) is 4.82. The van der Waals surface area contributed by atoms with Crippen molar-refractivity contribution in [3.63, 3.8) is 0 Å². The van der Waals surface area contributed by atoms with Gasteiger partial charge < -0.3 is 10.1 Å². The summed E-state index contributed by atoms with van der Waals surface area (Å²) in [5.74, 6) is 0.872. The van der Waals surface area contributed by atoms with Gasteiger partial charge in [0.1, 0.15) is 16.3 Å². The maximum absolute atomic E-state index is 13.0. The van der Waals surface area contributed by atoms with E-state index in [1.54, 1.807) is 17.3 Å². The fourth-order valence-corrected chi connectivity index (χ4v) is 3.52. The summed E-state index contributed by atoms with van der Waals surface area (Å²) in [4.78, 5) is 24.2. The summed E-state index contributed by atoms with van der Waals surface area (Å²) in [6, 6.07) is -0.691. The minimum Gasteiger partial charge on any atom is -0.482 e. The first-order chi connectivity index (χ1) is 13.3. The smallest absolute Gasteiger partial charge is 0.322 e. The molecule has 2 aliphatic rings. The van der Waals surface area contributed by atoms with Crippen LogP contribution in [0.4, 0.5) is 10.5 Å². The molecule has 2 aromatic heterocycles. The summed E-state index contributed by atoms with van der Waals surface area (Å²) >= 11 is 12.5. The number of hydrogen-bond donors (Lipinski definition) is 1. The number of anilines is 1. The lowest BCUT2D eigenvalue weighted by atomic mass is 10.1. The highest BCUT2D eigenvalue weighted by atomic mass is 35.5. The van der Waals surface area contributed by atoms with E-state index in [1.807, 2.05) is 13.8 Å². The van der Waals surface area contributed by atoms with E-state index in [9.17, 15) is 4.79 Å². The van der Waals surface area contributed by atoms with Gasteiger partial charge in [-0.3, -0.25) is 9.88 Å². The Labute approximate surface area is 171 Å². The van der Waals surface area contributed by atoms with Crippen LogP contribution in [0.15, 0.2) is 34.8 Å². The Morgan fingerprint density at radius 1 is 1.29 bits per heavy atom. The first kappa shape index (κ1) is 18.7. The number of hydrogen-bond acceptors (Lipinski definition) is 6. The third-order valence-electron chi connectivity index (χ3n) is 4.22. The number of pyridine rings is 1. The van der Waals surface area contributed by atoms with Crippen molar-refractivity contribution in [2.24, 2.45) is 4.99 Å². The molecule has 2 amide bonds. The van der Waals surface area contributed by atoms with E-state index in [2.05, 4.69) is 25.5 Å². The molecule has 9 nitrogen and oxygen atoms in total. The van der Waals surface area contributed by atoms with Crippen LogP contribution in [0.1, 0.15) is 20.3 Å². The second-order valence-electron chi connectivity index (χ2n) is 7.00. The highest BCUT2D eigenvalue weighted by Crippen LogP contribution is 2.41. The molecule has 0 aliphatic carbocycles. The van der Waals surface area contributed by atoms with Crippen LogP contribution in [0.3, 0.4) is 0 Å². The molecule has 0 spiro atoms. The molecule has 146 valence electrons. The van der Waals surface area contributed by atoms with Crippen molar-refractivity contribution in [3.8, 4) is 5.75 Å². The van der Waals surface area contributed by atoms with Crippen molar-refractivity contribution in [1.82, 2.24) is 25.3 Å². The van der Waals surface area contributed by atoms with E-state index < -0.39 is 5.60 Å². The molecule has 28 heavy (non-hydrogen) atoms. The minimum absolute atomic E-state index is 0.316. The summed E-state index contributed by atoms with van der Waals surface area (Å²) in [5.41, 5.74) is -0.0907. The Balaban J connectivity index is 1.52. The number of nitrogens with zero attached hydrogens (tertiary/aromatic N) is 6. The van der Waals surface area contributed by atoms with Gasteiger partial charge in [0, 0.05) is 18.8 Å². The number of rotatable bonds is 2. The molecule has 1 atom stereocenters. The Hall–Kier alpha value is -2.65. The zero-order valence-electron chi connectivity index (χ0n) is 15.1. The molecule has 2 aliphatic heterocycles. The molecule has 1 N–H and O–H groups in total. The zero-order valence-corrected chi connectivity index (χ0v) is 16.6. The van der Waals surface area contributed by atoms with Crippen molar-refractivity contribution in [1.29, 1.82) is 0 Å². The molecule has 0 fully saturated rings. The number of halogens is 2. The quantitative estimate of drug-likeness (QED) is 0.803. The largest absolute Gasteiger partial charge is 0.482 e. The SMILES string of the molecule is CC1(C)CN(C(=O)NC2C=NC(n3nccn3)=C(Cl)C2)c2cncc(Cl)c2O1. The van der Waals surface area contributed by atoms with Crippen LogP contribution < -0.4 is 15.0 Å². The van der Waals surface area contributed by atoms with Gasteiger partial charge in [-0.1, -0.05) is 23.2 Å². The van der Waals surface area contributed by atoms with E-state index in [0.29, 0.717) is 40.3 Å². The molecular formula is C17H17Cl2N7O2. The van der Waals surface area contributed by atoms with Crippen LogP contribution >= 0.6 is 23.2 Å². The van der Waals surface area contributed by atoms with Gasteiger partial charge >= 0.3 is 6.03 Å². The summed E-state index contributed by atoms with van der Waals surface area (Å²) in [6.45, 7) is 4.11. The predicted octanol–water partition coefficient (Wildman–Crippen LogP) is 2.92. The Morgan fingerprint density at radius 3 is 2.75 bits per heavy atom. The number of ether oxygens (including phenoxy) is 1. The molecule has 0 saturated carbocycles. The van der Waals surface area contributed by atoms with E-state index in [1.165, 1.54) is 23.4 Å². The number of carbonyl (C=O) groups excluding carboxylic acids is 1. The Kier molecular flexibility index (Phi) is 4.72. The van der Waals surface area contributed by atoms with Crippen LogP contribution in [0.25, 0.3) is 5.82 Å². The topological polar surface area (TPSA) is 97.5 Å². The lowest BCUT2D eigenvalue weighted by Gasteiger charge is -2.40. The average molecular weight is 422 g/mol. The van der Waals surface area contributed by atoms with Gasteiger partial charge in [0.2, 0.25) is 0 Å². The fourth-order valence-electron chi connectivity index (χ4n) is 3.04. The summed E-state index contributed by atoms with van der Waals surface area (Å²) in [7, 11) is 0. The molecular weight excluding hydrogens is 405 g/mol. The lowest BCUT2D eigenvalue weighted by molar-refractivity contribution is 0.106. The van der Waals surface area contributed by atoms with Crippen molar-refractivity contribution < 1.29 is 9.53 Å². The maximum Gasteiger partial charge on any atom is 0.322 e. The zero-order chi connectivity index (χ0) is 19.9. The molecule has 2 aromatic rings. The number of aromatic nitrogens is 4. The van der Waals surface area contributed by atoms with Gasteiger partial charge in [0.25, 0.3) is 0 Å². The summed E-state index contributed by atoms with van der Waals surface area (Å²) < 4.78 is 5.93. The third kappa shape index (κ3) is 3.55. The van der Waals surface area contributed by atoms with Gasteiger partial charge in [-0.25, -0.2) is 9.79 Å². The second-order valence-corrected chi connectivity index (χ2v) is 7.87. The van der Waals surface area contributed by atoms with Crippen molar-refractivity contribution in [3.05, 3.63) is 34.8 Å². The number of carbonyl (C=O) groups is 1. The first-order valence-corrected chi connectivity index (χ1v) is 9.30.